The van der Waals surface area contributed by atoms with E-state index >= 15 is 0 Å². The molecule has 0 N–H and O–H groups in total. The normalized spacial score (nSPS) is 20.4. The molecule has 1 aliphatic rings. The molecule has 0 aliphatic carbocycles. The van der Waals surface area contributed by atoms with E-state index in [0.29, 0.717) is 0 Å². The van der Waals surface area contributed by atoms with Gasteiger partial charge in [0.1, 0.15) is 12.6 Å². The smallest absolute Gasteiger partial charge is 0.133 e. The van der Waals surface area contributed by atoms with Crippen molar-refractivity contribution in [2.75, 3.05) is 12.3 Å². The van der Waals surface area contributed by atoms with Crippen LogP contribution < -0.4 is 5.44 Å². The number of hydrogen-bond acceptors (Lipinski definition) is 2. The molecule has 2 heterocycles. The molecule has 1 fully saturated rings. The highest BCUT2D eigenvalue weighted by Crippen LogP contribution is 2.50. The SMILES string of the molecule is Cc1ccnc(P2(=O)CCCC2)c1. The molecule has 1 aromatic heterocycles. The van der Waals surface area contributed by atoms with Crippen LogP contribution in [0.1, 0.15) is 18.4 Å². The van der Waals surface area contributed by atoms with Gasteiger partial charge >= 0.3 is 0 Å². The average Bonchev–Trinajstić information content (AvgIpc) is 2.54. The van der Waals surface area contributed by atoms with E-state index in [1.54, 1.807) is 6.20 Å². The zero-order valence-corrected chi connectivity index (χ0v) is 8.76. The van der Waals surface area contributed by atoms with Gasteiger partial charge in [0.25, 0.3) is 0 Å². The molecule has 0 spiro atoms. The van der Waals surface area contributed by atoms with Crippen molar-refractivity contribution in [2.24, 2.45) is 0 Å². The standard InChI is InChI=1S/C10H14NOP/c1-9-4-5-11-10(8-9)13(12)6-2-3-7-13/h4-5,8H,2-3,6-7H2,1H3. The summed E-state index contributed by atoms with van der Waals surface area (Å²) in [5.41, 5.74) is 2.01. The fourth-order valence-corrected chi connectivity index (χ4v) is 4.69. The fraction of sp³-hybridized carbons (Fsp3) is 0.500. The summed E-state index contributed by atoms with van der Waals surface area (Å²) in [6.45, 7) is 2.02. The Kier molecular flexibility index (Phi) is 2.25. The molecule has 2 rings (SSSR count). The maximum absolute atomic E-state index is 12.3. The summed E-state index contributed by atoms with van der Waals surface area (Å²) in [5, 5.41) is 0. The summed E-state index contributed by atoms with van der Waals surface area (Å²) in [7, 11) is -2.06. The lowest BCUT2D eigenvalue weighted by Gasteiger charge is -2.09. The lowest BCUT2D eigenvalue weighted by molar-refractivity contribution is 0.584. The van der Waals surface area contributed by atoms with Crippen LogP contribution in [-0.2, 0) is 4.57 Å². The quantitative estimate of drug-likeness (QED) is 0.643. The maximum atomic E-state index is 12.3. The van der Waals surface area contributed by atoms with Crippen molar-refractivity contribution in [3.63, 3.8) is 0 Å². The molecule has 1 saturated heterocycles. The Balaban J connectivity index is 2.39. The molecule has 1 aliphatic heterocycles. The second-order valence-corrected chi connectivity index (χ2v) is 6.87. The van der Waals surface area contributed by atoms with E-state index in [4.69, 9.17) is 0 Å². The summed E-state index contributed by atoms with van der Waals surface area (Å²) in [6.07, 6.45) is 5.70. The summed E-state index contributed by atoms with van der Waals surface area (Å²) < 4.78 is 12.3. The minimum Gasteiger partial charge on any atom is -0.317 e. The average molecular weight is 195 g/mol. The molecule has 0 aromatic carbocycles. The Morgan fingerprint density at radius 3 is 2.69 bits per heavy atom. The van der Waals surface area contributed by atoms with E-state index in [1.807, 2.05) is 19.1 Å². The molecular weight excluding hydrogens is 181 g/mol. The summed E-state index contributed by atoms with van der Waals surface area (Å²) in [6, 6.07) is 3.93. The lowest BCUT2D eigenvalue weighted by Crippen LogP contribution is -2.10. The second-order valence-electron chi connectivity index (χ2n) is 3.74. The molecule has 0 saturated carbocycles. The molecule has 1 aromatic rings. The van der Waals surface area contributed by atoms with E-state index < -0.39 is 7.14 Å². The van der Waals surface area contributed by atoms with Gasteiger partial charge in [0.05, 0.1) is 0 Å². The third-order valence-electron chi connectivity index (χ3n) is 2.61. The van der Waals surface area contributed by atoms with Crippen LogP contribution in [-0.4, -0.2) is 17.3 Å². The molecule has 0 radical (unpaired) electrons. The molecule has 13 heavy (non-hydrogen) atoms. The van der Waals surface area contributed by atoms with Gasteiger partial charge in [-0.3, -0.25) is 4.98 Å². The van der Waals surface area contributed by atoms with Gasteiger partial charge in [-0.25, -0.2) is 0 Å². The number of hydrogen-bond donors (Lipinski definition) is 0. The van der Waals surface area contributed by atoms with Crippen molar-refractivity contribution in [3.05, 3.63) is 23.9 Å². The highest BCUT2D eigenvalue weighted by Gasteiger charge is 2.29. The summed E-state index contributed by atoms with van der Waals surface area (Å²) in [5.74, 6) is 0. The number of aromatic nitrogens is 1. The lowest BCUT2D eigenvalue weighted by atomic mass is 10.3. The van der Waals surface area contributed by atoms with Crippen molar-refractivity contribution in [3.8, 4) is 0 Å². The number of rotatable bonds is 1. The molecule has 3 heteroatoms. The van der Waals surface area contributed by atoms with Crippen molar-refractivity contribution >= 4 is 12.6 Å². The van der Waals surface area contributed by atoms with E-state index in [2.05, 4.69) is 4.98 Å². The van der Waals surface area contributed by atoms with Crippen LogP contribution in [0.2, 0.25) is 0 Å². The molecule has 0 unspecified atom stereocenters. The Labute approximate surface area is 78.8 Å². The third-order valence-corrected chi connectivity index (χ3v) is 5.76. The van der Waals surface area contributed by atoms with Crippen molar-refractivity contribution < 1.29 is 4.57 Å². The van der Waals surface area contributed by atoms with Crippen molar-refractivity contribution in [1.82, 2.24) is 4.98 Å². The Morgan fingerprint density at radius 1 is 1.38 bits per heavy atom. The Morgan fingerprint density at radius 2 is 2.08 bits per heavy atom. The van der Waals surface area contributed by atoms with E-state index in [1.165, 1.54) is 0 Å². The third kappa shape index (κ3) is 1.68. The number of nitrogens with zero attached hydrogens (tertiary/aromatic N) is 1. The van der Waals surface area contributed by atoms with E-state index in [9.17, 15) is 4.57 Å². The van der Waals surface area contributed by atoms with Gasteiger partial charge in [-0.2, -0.15) is 0 Å². The highest BCUT2D eigenvalue weighted by atomic mass is 31.2. The zero-order valence-electron chi connectivity index (χ0n) is 7.86. The highest BCUT2D eigenvalue weighted by molar-refractivity contribution is 7.71. The van der Waals surface area contributed by atoms with Crippen molar-refractivity contribution in [1.29, 1.82) is 0 Å². The second kappa shape index (κ2) is 3.26. The topological polar surface area (TPSA) is 30.0 Å². The van der Waals surface area contributed by atoms with Gasteiger partial charge in [0.15, 0.2) is 0 Å². The molecular formula is C10H14NOP. The van der Waals surface area contributed by atoms with Gasteiger partial charge in [0.2, 0.25) is 0 Å². The van der Waals surface area contributed by atoms with Gasteiger partial charge in [-0.05, 0) is 37.5 Å². The summed E-state index contributed by atoms with van der Waals surface area (Å²) >= 11 is 0. The largest absolute Gasteiger partial charge is 0.317 e. The molecule has 70 valence electrons. The first kappa shape index (κ1) is 8.96. The van der Waals surface area contributed by atoms with Crippen LogP contribution in [0.15, 0.2) is 18.3 Å². The minimum atomic E-state index is -2.06. The molecule has 0 bridgehead atoms. The maximum Gasteiger partial charge on any atom is 0.133 e. The fourth-order valence-electron chi connectivity index (χ4n) is 1.82. The first-order chi connectivity index (χ1) is 6.21. The van der Waals surface area contributed by atoms with Gasteiger partial charge < -0.3 is 4.57 Å². The van der Waals surface area contributed by atoms with Gasteiger partial charge in [-0.15, -0.1) is 0 Å². The zero-order chi connectivity index (χ0) is 9.31. The van der Waals surface area contributed by atoms with Gasteiger partial charge in [0, 0.05) is 18.5 Å². The summed E-state index contributed by atoms with van der Waals surface area (Å²) in [4.78, 5) is 4.23. The first-order valence-corrected chi connectivity index (χ1v) is 6.80. The molecule has 2 nitrogen and oxygen atoms in total. The van der Waals surface area contributed by atoms with Crippen LogP contribution in [0.25, 0.3) is 0 Å². The Hall–Kier alpha value is -0.620. The van der Waals surface area contributed by atoms with E-state index in [-0.39, 0.29) is 0 Å². The van der Waals surface area contributed by atoms with Crippen molar-refractivity contribution in [2.45, 2.75) is 19.8 Å². The van der Waals surface area contributed by atoms with Crippen LogP contribution in [0.5, 0.6) is 0 Å². The predicted octanol–water partition coefficient (Wildman–Crippen LogP) is 2.17. The minimum absolute atomic E-state index is 0.852. The van der Waals surface area contributed by atoms with Crippen LogP contribution in [0.4, 0.5) is 0 Å². The van der Waals surface area contributed by atoms with Crippen LogP contribution in [0.3, 0.4) is 0 Å². The Bertz CT molecular complexity index is 352. The molecule has 0 amide bonds. The molecule has 0 atom stereocenters. The number of aryl methyl sites for hydroxylation is 1. The van der Waals surface area contributed by atoms with Crippen LogP contribution in [0, 0.1) is 6.92 Å². The monoisotopic (exact) mass is 195 g/mol. The predicted molar refractivity (Wildman–Crippen MR) is 55.2 cm³/mol. The number of pyridine rings is 1. The van der Waals surface area contributed by atoms with Crippen LogP contribution >= 0.6 is 7.14 Å². The first-order valence-electron chi connectivity index (χ1n) is 4.72. The van der Waals surface area contributed by atoms with Gasteiger partial charge in [-0.1, -0.05) is 0 Å². The van der Waals surface area contributed by atoms with E-state index in [0.717, 1.165) is 36.2 Å².